The van der Waals surface area contributed by atoms with Crippen LogP contribution >= 0.6 is 31.9 Å². The Kier molecular flexibility index (Phi) is 7.55. The van der Waals surface area contributed by atoms with Crippen molar-refractivity contribution in [2.45, 2.75) is 12.8 Å². The first-order valence-electron chi connectivity index (χ1n) is 17.4. The van der Waals surface area contributed by atoms with Crippen molar-refractivity contribution in [2.75, 3.05) is 0 Å². The van der Waals surface area contributed by atoms with Gasteiger partial charge in [0.25, 0.3) is 0 Å². The fraction of sp³-hybridized carbons (Fsp3) is 0.0435. The Labute approximate surface area is 317 Å². The van der Waals surface area contributed by atoms with Crippen LogP contribution in [0.5, 0.6) is 0 Å². The quantitative estimate of drug-likeness (QED) is 0.174. The Bertz CT molecular complexity index is 2830. The SMILES string of the molecule is Brc1ccc(-c2cc(C3=CC=C(n4c5ccccc5c5ccc6c7ccccc7n(-c7ccccc7)c6c54)CC3)nc(-c3ccc(Br)cc3)n2)cc1. The normalized spacial score (nSPS) is 13.3. The summed E-state index contributed by atoms with van der Waals surface area (Å²) in [4.78, 5) is 10.2. The number of nitrogens with zero attached hydrogens (tertiary/aromatic N) is 4. The highest BCUT2D eigenvalue weighted by atomic mass is 79.9. The molecule has 0 N–H and O–H groups in total. The molecule has 0 spiro atoms. The fourth-order valence-corrected chi connectivity index (χ4v) is 8.31. The van der Waals surface area contributed by atoms with Crippen LogP contribution in [0.3, 0.4) is 0 Å². The second-order valence-electron chi connectivity index (χ2n) is 13.2. The van der Waals surface area contributed by atoms with Gasteiger partial charge >= 0.3 is 0 Å². The molecule has 0 amide bonds. The second kappa shape index (κ2) is 12.6. The molecule has 1 aliphatic rings. The molecule has 52 heavy (non-hydrogen) atoms. The molecule has 0 unspecified atom stereocenters. The molecule has 0 saturated heterocycles. The van der Waals surface area contributed by atoms with Crippen molar-refractivity contribution in [1.29, 1.82) is 0 Å². The van der Waals surface area contributed by atoms with Crippen LogP contribution in [0.4, 0.5) is 0 Å². The zero-order valence-corrected chi connectivity index (χ0v) is 31.1. The van der Waals surface area contributed by atoms with Crippen molar-refractivity contribution in [1.82, 2.24) is 19.1 Å². The molecule has 0 radical (unpaired) electrons. The molecule has 3 aromatic heterocycles. The maximum Gasteiger partial charge on any atom is 0.160 e. The zero-order valence-electron chi connectivity index (χ0n) is 28.0. The van der Waals surface area contributed by atoms with E-state index in [0.29, 0.717) is 0 Å². The minimum Gasteiger partial charge on any atom is -0.311 e. The number of aromatic nitrogens is 4. The summed E-state index contributed by atoms with van der Waals surface area (Å²) in [5.74, 6) is 0.720. The second-order valence-corrected chi connectivity index (χ2v) is 15.1. The van der Waals surface area contributed by atoms with E-state index in [9.17, 15) is 0 Å². The van der Waals surface area contributed by atoms with Gasteiger partial charge in [-0.1, -0.05) is 129 Å². The number of rotatable bonds is 5. The maximum absolute atomic E-state index is 5.15. The summed E-state index contributed by atoms with van der Waals surface area (Å²) in [6.07, 6.45) is 6.30. The number of allylic oxidation sites excluding steroid dienone is 4. The molecule has 0 bridgehead atoms. The summed E-state index contributed by atoms with van der Waals surface area (Å²) in [5, 5.41) is 5.03. The molecule has 0 aliphatic heterocycles. The molecular weight excluding hydrogens is 768 g/mol. The molecule has 9 aromatic rings. The third kappa shape index (κ3) is 5.16. The first-order valence-corrected chi connectivity index (χ1v) is 19.0. The molecular formula is C46H30Br2N4. The topological polar surface area (TPSA) is 35.6 Å². The molecule has 10 rings (SSSR count). The molecule has 0 saturated carbocycles. The number of halogens is 2. The van der Waals surface area contributed by atoms with Crippen LogP contribution in [0.25, 0.3) is 83.2 Å². The van der Waals surface area contributed by atoms with E-state index in [4.69, 9.17) is 9.97 Å². The predicted molar refractivity (Wildman–Crippen MR) is 224 cm³/mol. The van der Waals surface area contributed by atoms with Gasteiger partial charge in [0.1, 0.15) is 0 Å². The van der Waals surface area contributed by atoms with E-state index in [1.54, 1.807) is 0 Å². The minimum atomic E-state index is 0.720. The standard InChI is InChI=1S/C46H30Br2N4/c47-32-20-14-29(15-21-32)40-28-41(50-46(49-40)31-16-22-33(48)23-17-31)30-18-24-35(25-19-30)52-43-13-7-5-11-37(43)39-27-26-38-36-10-4-6-12-42(36)51(44(38)45(39)52)34-8-2-1-3-9-34/h1-18,20-24,26-28H,19,25H2. The third-order valence-electron chi connectivity index (χ3n) is 10.2. The summed E-state index contributed by atoms with van der Waals surface area (Å²) in [7, 11) is 0. The fourth-order valence-electron chi connectivity index (χ4n) is 7.78. The Hall–Kier alpha value is -5.56. The van der Waals surface area contributed by atoms with E-state index < -0.39 is 0 Å². The van der Waals surface area contributed by atoms with Crippen LogP contribution in [-0.4, -0.2) is 19.1 Å². The minimum absolute atomic E-state index is 0.720. The zero-order chi connectivity index (χ0) is 34.8. The van der Waals surface area contributed by atoms with Gasteiger partial charge in [0, 0.05) is 53.0 Å². The third-order valence-corrected chi connectivity index (χ3v) is 11.3. The van der Waals surface area contributed by atoms with E-state index in [-0.39, 0.29) is 0 Å². The first kappa shape index (κ1) is 31.2. The predicted octanol–water partition coefficient (Wildman–Crippen LogP) is 13.3. The lowest BCUT2D eigenvalue weighted by molar-refractivity contribution is 0.981. The number of hydrogen-bond donors (Lipinski definition) is 0. The van der Waals surface area contributed by atoms with Gasteiger partial charge in [-0.15, -0.1) is 0 Å². The van der Waals surface area contributed by atoms with E-state index in [1.165, 1.54) is 54.9 Å². The lowest BCUT2D eigenvalue weighted by Crippen LogP contribution is -2.04. The van der Waals surface area contributed by atoms with Crippen molar-refractivity contribution < 1.29 is 0 Å². The lowest BCUT2D eigenvalue weighted by Gasteiger charge is -2.19. The number of para-hydroxylation sites is 3. The molecule has 6 heteroatoms. The smallest absolute Gasteiger partial charge is 0.160 e. The van der Waals surface area contributed by atoms with E-state index in [0.717, 1.165) is 55.8 Å². The highest BCUT2D eigenvalue weighted by molar-refractivity contribution is 9.10. The Morgan fingerprint density at radius 2 is 1.02 bits per heavy atom. The van der Waals surface area contributed by atoms with Gasteiger partial charge in [0.2, 0.25) is 0 Å². The summed E-state index contributed by atoms with van der Waals surface area (Å²) in [6.45, 7) is 0. The van der Waals surface area contributed by atoms with Crippen LogP contribution in [0, 0.1) is 0 Å². The highest BCUT2D eigenvalue weighted by Gasteiger charge is 2.23. The Morgan fingerprint density at radius 1 is 0.462 bits per heavy atom. The monoisotopic (exact) mass is 796 g/mol. The summed E-state index contributed by atoms with van der Waals surface area (Å²) in [6, 6.07) is 51.7. The van der Waals surface area contributed by atoms with E-state index in [2.05, 4.69) is 187 Å². The molecule has 3 heterocycles. The van der Waals surface area contributed by atoms with Crippen molar-refractivity contribution >= 4 is 86.7 Å². The average molecular weight is 799 g/mol. The van der Waals surface area contributed by atoms with Crippen LogP contribution in [0.2, 0.25) is 0 Å². The highest BCUT2D eigenvalue weighted by Crippen LogP contribution is 2.43. The lowest BCUT2D eigenvalue weighted by atomic mass is 9.97. The van der Waals surface area contributed by atoms with Crippen molar-refractivity contribution in [2.24, 2.45) is 0 Å². The van der Waals surface area contributed by atoms with Gasteiger partial charge in [-0.3, -0.25) is 0 Å². The van der Waals surface area contributed by atoms with Gasteiger partial charge < -0.3 is 9.13 Å². The first-order chi connectivity index (χ1) is 25.6. The molecule has 0 fully saturated rings. The molecule has 248 valence electrons. The summed E-state index contributed by atoms with van der Waals surface area (Å²) >= 11 is 7.16. The maximum atomic E-state index is 5.15. The average Bonchev–Trinajstić information content (AvgIpc) is 3.72. The number of hydrogen-bond acceptors (Lipinski definition) is 2. The largest absolute Gasteiger partial charge is 0.311 e. The molecule has 0 atom stereocenters. The Morgan fingerprint density at radius 3 is 1.65 bits per heavy atom. The number of benzene rings is 6. The van der Waals surface area contributed by atoms with Crippen LogP contribution in [0.15, 0.2) is 167 Å². The summed E-state index contributed by atoms with van der Waals surface area (Å²) in [5.41, 5.74) is 12.4. The van der Waals surface area contributed by atoms with E-state index in [1.807, 2.05) is 12.1 Å². The van der Waals surface area contributed by atoms with Gasteiger partial charge in [-0.2, -0.15) is 0 Å². The van der Waals surface area contributed by atoms with Gasteiger partial charge in [-0.25, -0.2) is 9.97 Å². The van der Waals surface area contributed by atoms with E-state index >= 15 is 0 Å². The van der Waals surface area contributed by atoms with Crippen molar-refractivity contribution in [3.63, 3.8) is 0 Å². The molecule has 6 aromatic carbocycles. The molecule has 4 nitrogen and oxygen atoms in total. The number of fused-ring (bicyclic) bond motifs is 7. The molecule has 1 aliphatic carbocycles. The van der Waals surface area contributed by atoms with Gasteiger partial charge in [-0.05, 0) is 79.1 Å². The van der Waals surface area contributed by atoms with Crippen LogP contribution in [0.1, 0.15) is 18.5 Å². The van der Waals surface area contributed by atoms with Crippen LogP contribution in [-0.2, 0) is 0 Å². The van der Waals surface area contributed by atoms with Gasteiger partial charge in [0.15, 0.2) is 5.82 Å². The van der Waals surface area contributed by atoms with Crippen LogP contribution < -0.4 is 0 Å². The Balaban J connectivity index is 1.18. The van der Waals surface area contributed by atoms with Gasteiger partial charge in [0.05, 0.1) is 33.5 Å². The summed E-state index contributed by atoms with van der Waals surface area (Å²) < 4.78 is 7.03. The van der Waals surface area contributed by atoms with Crippen molar-refractivity contribution in [3.8, 4) is 28.3 Å². The van der Waals surface area contributed by atoms with Crippen molar-refractivity contribution in [3.05, 3.63) is 172 Å².